The first kappa shape index (κ1) is 19.9. The van der Waals surface area contributed by atoms with E-state index in [9.17, 15) is 14.4 Å². The third-order valence-electron chi connectivity index (χ3n) is 3.92. The highest BCUT2D eigenvalue weighted by Gasteiger charge is 2.21. The average Bonchev–Trinajstić information content (AvgIpc) is 2.67. The van der Waals surface area contributed by atoms with Gasteiger partial charge in [0.25, 0.3) is 5.91 Å². The van der Waals surface area contributed by atoms with Crippen LogP contribution in [-0.2, 0) is 9.53 Å². The van der Waals surface area contributed by atoms with Gasteiger partial charge < -0.3 is 10.1 Å². The zero-order valence-corrected chi connectivity index (χ0v) is 15.2. The van der Waals surface area contributed by atoms with E-state index in [2.05, 4.69) is 5.32 Å². The molecular formula is C21H20N2O4. The Labute approximate surface area is 157 Å². The van der Waals surface area contributed by atoms with Crippen molar-refractivity contribution < 1.29 is 19.1 Å². The van der Waals surface area contributed by atoms with Crippen LogP contribution in [0.15, 0.2) is 42.5 Å². The number of carbonyl (C=O) groups excluding carboxylic acids is 3. The Bertz CT molecular complexity index is 913. The maximum Gasteiger partial charge on any atom is 0.339 e. The van der Waals surface area contributed by atoms with Gasteiger partial charge in [-0.05, 0) is 31.5 Å². The van der Waals surface area contributed by atoms with Gasteiger partial charge in [-0.2, -0.15) is 5.26 Å². The van der Waals surface area contributed by atoms with E-state index in [0.717, 1.165) is 11.1 Å². The van der Waals surface area contributed by atoms with Crippen molar-refractivity contribution in [2.45, 2.75) is 20.3 Å². The fourth-order valence-electron chi connectivity index (χ4n) is 2.50. The molecule has 0 saturated heterocycles. The lowest BCUT2D eigenvalue weighted by atomic mass is 9.94. The van der Waals surface area contributed by atoms with Crippen molar-refractivity contribution in [3.05, 3.63) is 70.3 Å². The number of nitriles is 1. The molecule has 0 spiro atoms. The monoisotopic (exact) mass is 364 g/mol. The molecule has 6 nitrogen and oxygen atoms in total. The molecule has 6 heteroatoms. The smallest absolute Gasteiger partial charge is 0.339 e. The summed E-state index contributed by atoms with van der Waals surface area (Å²) in [6.45, 7) is 3.44. The van der Waals surface area contributed by atoms with Crippen LogP contribution >= 0.6 is 0 Å². The first-order valence-corrected chi connectivity index (χ1v) is 8.45. The van der Waals surface area contributed by atoms with Gasteiger partial charge in [-0.3, -0.25) is 9.59 Å². The van der Waals surface area contributed by atoms with Crippen LogP contribution in [0.3, 0.4) is 0 Å². The second kappa shape index (κ2) is 9.30. The number of carbonyl (C=O) groups is 3. The molecule has 2 rings (SSSR count). The summed E-state index contributed by atoms with van der Waals surface area (Å²) >= 11 is 0. The van der Waals surface area contributed by atoms with Crippen LogP contribution in [0.5, 0.6) is 0 Å². The first-order chi connectivity index (χ1) is 12.9. The summed E-state index contributed by atoms with van der Waals surface area (Å²) < 4.78 is 5.02. The highest BCUT2D eigenvalue weighted by Crippen LogP contribution is 2.19. The van der Waals surface area contributed by atoms with Crippen molar-refractivity contribution in [2.24, 2.45) is 0 Å². The van der Waals surface area contributed by atoms with Gasteiger partial charge in [-0.1, -0.05) is 35.9 Å². The van der Waals surface area contributed by atoms with Crippen LogP contribution in [0, 0.1) is 25.2 Å². The number of aryl methyl sites for hydroxylation is 2. The lowest BCUT2D eigenvalue weighted by Crippen LogP contribution is -2.29. The first-order valence-electron chi connectivity index (χ1n) is 8.45. The zero-order chi connectivity index (χ0) is 19.8. The van der Waals surface area contributed by atoms with Crippen molar-refractivity contribution in [3.63, 3.8) is 0 Å². The van der Waals surface area contributed by atoms with Crippen LogP contribution in [0.4, 0.5) is 0 Å². The normalized spacial score (nSPS) is 9.96. The number of hydrogen-bond acceptors (Lipinski definition) is 5. The fourth-order valence-corrected chi connectivity index (χ4v) is 2.50. The van der Waals surface area contributed by atoms with Crippen LogP contribution in [0.25, 0.3) is 0 Å². The van der Waals surface area contributed by atoms with Gasteiger partial charge in [0.05, 0.1) is 18.1 Å². The Morgan fingerprint density at radius 1 is 1.04 bits per heavy atom. The second-order valence-corrected chi connectivity index (χ2v) is 6.03. The number of ether oxygens (including phenoxy) is 1. The minimum absolute atomic E-state index is 0.105. The lowest BCUT2D eigenvalue weighted by molar-refractivity contribution is -0.124. The van der Waals surface area contributed by atoms with Crippen molar-refractivity contribution in [1.29, 1.82) is 5.26 Å². The Hall–Kier alpha value is -3.46. The Balaban J connectivity index is 2.16. The Morgan fingerprint density at radius 2 is 1.74 bits per heavy atom. The molecule has 0 bridgehead atoms. The maximum absolute atomic E-state index is 12.9. The molecule has 0 aliphatic heterocycles. The Morgan fingerprint density at radius 3 is 2.44 bits per heavy atom. The van der Waals surface area contributed by atoms with Crippen molar-refractivity contribution in [3.8, 4) is 6.07 Å². The summed E-state index contributed by atoms with van der Waals surface area (Å²) in [5, 5.41) is 10.9. The molecule has 2 aromatic rings. The summed E-state index contributed by atoms with van der Waals surface area (Å²) in [4.78, 5) is 36.9. The third kappa shape index (κ3) is 5.25. The standard InChI is InChI=1S/C21H20N2O4/c1-14-8-9-15(2)18(12-14)20(25)16-6-3-4-7-17(16)21(26)27-13-19(24)23-11-5-10-22/h3-4,6-9,12H,5,11,13H2,1-2H3,(H,23,24). The van der Waals surface area contributed by atoms with Gasteiger partial charge in [-0.15, -0.1) is 0 Å². The van der Waals surface area contributed by atoms with E-state index >= 15 is 0 Å². The number of nitrogens with zero attached hydrogens (tertiary/aromatic N) is 1. The number of nitrogens with one attached hydrogen (secondary N) is 1. The highest BCUT2D eigenvalue weighted by molar-refractivity contribution is 6.15. The van der Waals surface area contributed by atoms with E-state index in [1.165, 1.54) is 6.07 Å². The van der Waals surface area contributed by atoms with Crippen LogP contribution < -0.4 is 5.32 Å². The molecule has 0 radical (unpaired) electrons. The summed E-state index contributed by atoms with van der Waals surface area (Å²) in [6.07, 6.45) is 0.173. The molecule has 0 aliphatic carbocycles. The summed E-state index contributed by atoms with van der Waals surface area (Å²) in [6, 6.07) is 13.8. The van der Waals surface area contributed by atoms with Gasteiger partial charge in [0.2, 0.25) is 0 Å². The Kier molecular flexibility index (Phi) is 6.84. The number of esters is 1. The lowest BCUT2D eigenvalue weighted by Gasteiger charge is -2.11. The van der Waals surface area contributed by atoms with E-state index in [1.54, 1.807) is 24.3 Å². The molecule has 1 amide bonds. The molecular weight excluding hydrogens is 344 g/mol. The summed E-state index contributed by atoms with van der Waals surface area (Å²) in [7, 11) is 0. The maximum atomic E-state index is 12.9. The minimum atomic E-state index is -0.750. The third-order valence-corrected chi connectivity index (χ3v) is 3.92. The molecule has 0 saturated carbocycles. The number of rotatable bonds is 7. The number of ketones is 1. The second-order valence-electron chi connectivity index (χ2n) is 6.03. The largest absolute Gasteiger partial charge is 0.452 e. The molecule has 0 heterocycles. The molecule has 0 fully saturated rings. The van der Waals surface area contributed by atoms with Gasteiger partial charge in [0.15, 0.2) is 12.4 Å². The quantitative estimate of drug-likeness (QED) is 0.463. The predicted molar refractivity (Wildman–Crippen MR) is 99.3 cm³/mol. The van der Waals surface area contributed by atoms with Gasteiger partial charge in [-0.25, -0.2) is 4.79 Å². The highest BCUT2D eigenvalue weighted by atomic mass is 16.5. The van der Waals surface area contributed by atoms with Crippen molar-refractivity contribution in [1.82, 2.24) is 5.32 Å². The topological polar surface area (TPSA) is 96.3 Å². The van der Waals surface area contributed by atoms with E-state index in [4.69, 9.17) is 10.00 Å². The minimum Gasteiger partial charge on any atom is -0.452 e. The fraction of sp³-hybridized carbons (Fsp3) is 0.238. The van der Waals surface area contributed by atoms with Gasteiger partial charge in [0.1, 0.15) is 0 Å². The molecule has 0 atom stereocenters. The molecule has 138 valence electrons. The summed E-state index contributed by atoms with van der Waals surface area (Å²) in [5.41, 5.74) is 2.60. The average molecular weight is 364 g/mol. The predicted octanol–water partition coefficient (Wildman–Crippen LogP) is 2.72. The van der Waals surface area contributed by atoms with Gasteiger partial charge >= 0.3 is 5.97 Å². The van der Waals surface area contributed by atoms with Crippen molar-refractivity contribution >= 4 is 17.7 Å². The van der Waals surface area contributed by atoms with E-state index in [1.807, 2.05) is 32.0 Å². The molecule has 0 aliphatic rings. The number of amides is 1. The molecule has 0 unspecified atom stereocenters. The van der Waals surface area contributed by atoms with E-state index < -0.39 is 18.5 Å². The molecule has 0 aromatic heterocycles. The van der Waals surface area contributed by atoms with Crippen LogP contribution in [0.1, 0.15) is 43.8 Å². The van der Waals surface area contributed by atoms with Crippen LogP contribution in [0.2, 0.25) is 0 Å². The SMILES string of the molecule is Cc1ccc(C)c(C(=O)c2ccccc2C(=O)OCC(=O)NCCC#N)c1. The number of hydrogen-bond donors (Lipinski definition) is 1. The van der Waals surface area contributed by atoms with Crippen LogP contribution in [-0.4, -0.2) is 30.8 Å². The molecule has 1 N–H and O–H groups in total. The zero-order valence-electron chi connectivity index (χ0n) is 15.2. The number of benzene rings is 2. The molecule has 27 heavy (non-hydrogen) atoms. The van der Waals surface area contributed by atoms with Crippen molar-refractivity contribution in [2.75, 3.05) is 13.2 Å². The molecule has 2 aromatic carbocycles. The summed E-state index contributed by atoms with van der Waals surface area (Å²) in [5.74, 6) is -1.53. The van der Waals surface area contributed by atoms with E-state index in [0.29, 0.717) is 5.56 Å². The van der Waals surface area contributed by atoms with Gasteiger partial charge in [0, 0.05) is 17.7 Å². The van der Waals surface area contributed by atoms with E-state index in [-0.39, 0.29) is 29.9 Å².